The van der Waals surface area contributed by atoms with Crippen LogP contribution < -0.4 is 11.1 Å². The molecule has 1 aromatic carbocycles. The molecule has 0 aliphatic heterocycles. The maximum Gasteiger partial charge on any atom is 0.230 e. The zero-order chi connectivity index (χ0) is 14.9. The van der Waals surface area contributed by atoms with Gasteiger partial charge in [0.1, 0.15) is 5.82 Å². The molecule has 1 amide bonds. The summed E-state index contributed by atoms with van der Waals surface area (Å²) in [6, 6.07) is 11.7. The molecule has 1 aliphatic carbocycles. The number of nitrogens with two attached hydrogens (primary N) is 1. The van der Waals surface area contributed by atoms with E-state index in [9.17, 15) is 4.79 Å². The highest BCUT2D eigenvalue weighted by atomic mass is 16.2. The van der Waals surface area contributed by atoms with Crippen LogP contribution in [0.4, 0.5) is 5.82 Å². The van der Waals surface area contributed by atoms with E-state index in [1.807, 2.05) is 43.3 Å². The number of nitrogens with zero attached hydrogens (tertiary/aromatic N) is 1. The van der Waals surface area contributed by atoms with Crippen LogP contribution in [0.2, 0.25) is 0 Å². The molecule has 0 saturated heterocycles. The Bertz CT molecular complexity index is 666. The first-order chi connectivity index (χ1) is 10.1. The van der Waals surface area contributed by atoms with Gasteiger partial charge in [0.15, 0.2) is 0 Å². The highest BCUT2D eigenvalue weighted by molar-refractivity contribution is 5.94. The van der Waals surface area contributed by atoms with Crippen molar-refractivity contribution in [3.05, 3.63) is 36.4 Å². The second-order valence-electron chi connectivity index (χ2n) is 6.18. The Morgan fingerprint density at radius 1 is 1.29 bits per heavy atom. The number of pyridine rings is 1. The average molecular weight is 283 g/mol. The molecule has 0 radical (unpaired) electrons. The molecule has 0 bridgehead atoms. The van der Waals surface area contributed by atoms with Crippen molar-refractivity contribution in [2.24, 2.45) is 11.7 Å². The molecule has 2 aromatic rings. The number of rotatable bonds is 2. The smallest absolute Gasteiger partial charge is 0.230 e. The summed E-state index contributed by atoms with van der Waals surface area (Å²) in [6.07, 6.45) is 3.92. The van der Waals surface area contributed by atoms with Crippen molar-refractivity contribution >= 4 is 22.6 Å². The van der Waals surface area contributed by atoms with Crippen LogP contribution >= 0.6 is 0 Å². The summed E-state index contributed by atoms with van der Waals surface area (Å²) >= 11 is 0. The van der Waals surface area contributed by atoms with E-state index in [1.54, 1.807) is 0 Å². The van der Waals surface area contributed by atoms with Gasteiger partial charge in [-0.15, -0.1) is 0 Å². The van der Waals surface area contributed by atoms with Crippen LogP contribution in [0.1, 0.15) is 32.6 Å². The van der Waals surface area contributed by atoms with Crippen molar-refractivity contribution in [1.82, 2.24) is 4.98 Å². The molecule has 0 spiro atoms. The van der Waals surface area contributed by atoms with Gasteiger partial charge in [-0.25, -0.2) is 4.98 Å². The molecule has 1 heterocycles. The van der Waals surface area contributed by atoms with E-state index in [0.29, 0.717) is 5.82 Å². The number of anilines is 1. The number of hydrogen-bond acceptors (Lipinski definition) is 3. The highest BCUT2D eigenvalue weighted by Gasteiger charge is 2.37. The van der Waals surface area contributed by atoms with E-state index in [1.165, 1.54) is 0 Å². The lowest BCUT2D eigenvalue weighted by atomic mass is 9.74. The molecule has 4 heteroatoms. The first-order valence-corrected chi connectivity index (χ1v) is 7.52. The number of amides is 1. The van der Waals surface area contributed by atoms with Gasteiger partial charge in [-0.3, -0.25) is 4.79 Å². The lowest BCUT2D eigenvalue weighted by Crippen LogP contribution is -2.51. The van der Waals surface area contributed by atoms with E-state index in [2.05, 4.69) is 10.3 Å². The zero-order valence-corrected chi connectivity index (χ0v) is 12.3. The number of para-hydroxylation sites is 1. The molecule has 21 heavy (non-hydrogen) atoms. The van der Waals surface area contributed by atoms with Gasteiger partial charge in [-0.1, -0.05) is 31.0 Å². The van der Waals surface area contributed by atoms with Crippen molar-refractivity contribution < 1.29 is 4.79 Å². The number of carbonyl (C=O) groups is 1. The van der Waals surface area contributed by atoms with Gasteiger partial charge in [0.25, 0.3) is 0 Å². The van der Waals surface area contributed by atoms with Gasteiger partial charge in [0, 0.05) is 10.9 Å². The summed E-state index contributed by atoms with van der Waals surface area (Å²) in [7, 11) is 0. The van der Waals surface area contributed by atoms with Crippen molar-refractivity contribution in [2.75, 3.05) is 5.32 Å². The van der Waals surface area contributed by atoms with E-state index in [4.69, 9.17) is 5.73 Å². The Labute approximate surface area is 124 Å². The Morgan fingerprint density at radius 2 is 2.10 bits per heavy atom. The normalized spacial score (nSPS) is 25.7. The average Bonchev–Trinajstić information content (AvgIpc) is 2.46. The van der Waals surface area contributed by atoms with Gasteiger partial charge in [0.05, 0.1) is 11.4 Å². The monoisotopic (exact) mass is 283 g/mol. The fourth-order valence-corrected chi connectivity index (χ4v) is 3.14. The number of carbonyl (C=O) groups excluding carboxylic acids is 1. The van der Waals surface area contributed by atoms with E-state index in [-0.39, 0.29) is 11.8 Å². The van der Waals surface area contributed by atoms with Crippen LogP contribution in [0.5, 0.6) is 0 Å². The number of hydrogen-bond donors (Lipinski definition) is 2. The molecule has 1 aliphatic rings. The van der Waals surface area contributed by atoms with Crippen LogP contribution in [0.3, 0.4) is 0 Å². The Balaban J connectivity index is 1.79. The first kappa shape index (κ1) is 14.0. The van der Waals surface area contributed by atoms with Crippen LogP contribution in [-0.4, -0.2) is 16.4 Å². The summed E-state index contributed by atoms with van der Waals surface area (Å²) in [5.41, 5.74) is 6.75. The van der Waals surface area contributed by atoms with Crippen molar-refractivity contribution in [1.29, 1.82) is 0 Å². The molecule has 2 unspecified atom stereocenters. The third-order valence-corrected chi connectivity index (χ3v) is 4.42. The maximum atomic E-state index is 12.5. The molecule has 2 atom stereocenters. The predicted molar refractivity (Wildman–Crippen MR) is 84.9 cm³/mol. The van der Waals surface area contributed by atoms with Gasteiger partial charge in [0.2, 0.25) is 5.91 Å². The number of benzene rings is 1. The summed E-state index contributed by atoms with van der Waals surface area (Å²) in [6.45, 7) is 1.98. The fraction of sp³-hybridized carbons (Fsp3) is 0.412. The molecule has 110 valence electrons. The third-order valence-electron chi connectivity index (χ3n) is 4.42. The lowest BCUT2D eigenvalue weighted by molar-refractivity contribution is -0.122. The topological polar surface area (TPSA) is 68.0 Å². The van der Waals surface area contributed by atoms with Gasteiger partial charge >= 0.3 is 0 Å². The quantitative estimate of drug-likeness (QED) is 0.890. The number of nitrogens with one attached hydrogen (secondary N) is 1. The van der Waals surface area contributed by atoms with Crippen LogP contribution in [0, 0.1) is 5.92 Å². The molecular formula is C17H21N3O. The lowest BCUT2D eigenvalue weighted by Gasteiger charge is -2.37. The highest BCUT2D eigenvalue weighted by Crippen LogP contribution is 2.32. The summed E-state index contributed by atoms with van der Waals surface area (Å²) in [4.78, 5) is 17.0. The minimum Gasteiger partial charge on any atom is -0.325 e. The Morgan fingerprint density at radius 3 is 2.90 bits per heavy atom. The Kier molecular flexibility index (Phi) is 3.64. The van der Waals surface area contributed by atoms with Gasteiger partial charge < -0.3 is 11.1 Å². The Hall–Kier alpha value is -1.94. The van der Waals surface area contributed by atoms with Crippen molar-refractivity contribution in [3.8, 4) is 0 Å². The molecular weight excluding hydrogens is 262 g/mol. The van der Waals surface area contributed by atoms with Crippen molar-refractivity contribution in [2.45, 2.75) is 38.1 Å². The van der Waals surface area contributed by atoms with Crippen LogP contribution in [0.15, 0.2) is 36.4 Å². The van der Waals surface area contributed by atoms with Gasteiger partial charge in [-0.2, -0.15) is 0 Å². The molecule has 4 nitrogen and oxygen atoms in total. The zero-order valence-electron chi connectivity index (χ0n) is 12.3. The van der Waals surface area contributed by atoms with Crippen LogP contribution in [-0.2, 0) is 4.79 Å². The minimum atomic E-state index is -0.417. The maximum absolute atomic E-state index is 12.5. The molecule has 1 aromatic heterocycles. The predicted octanol–water partition coefficient (Wildman–Crippen LogP) is 3.08. The van der Waals surface area contributed by atoms with E-state index >= 15 is 0 Å². The molecule has 1 fully saturated rings. The number of aromatic nitrogens is 1. The second kappa shape index (κ2) is 5.45. The molecule has 3 N–H and O–H groups in total. The van der Waals surface area contributed by atoms with Crippen molar-refractivity contribution in [3.63, 3.8) is 0 Å². The van der Waals surface area contributed by atoms with Gasteiger partial charge in [-0.05, 0) is 38.0 Å². The van der Waals surface area contributed by atoms with Crippen LogP contribution in [0.25, 0.3) is 10.9 Å². The molecule has 1 saturated carbocycles. The van der Waals surface area contributed by atoms with E-state index < -0.39 is 5.54 Å². The number of fused-ring (bicyclic) bond motifs is 1. The summed E-state index contributed by atoms with van der Waals surface area (Å²) < 4.78 is 0. The minimum absolute atomic E-state index is 0.0116. The summed E-state index contributed by atoms with van der Waals surface area (Å²) in [5, 5.41) is 4.00. The van der Waals surface area contributed by atoms with E-state index in [0.717, 1.165) is 36.6 Å². The summed E-state index contributed by atoms with van der Waals surface area (Å²) in [5.74, 6) is 0.446. The third kappa shape index (κ3) is 2.90. The SMILES string of the molecule is CC1(N)CCCCC1C(=O)Nc1ccc2ccccc2n1. The largest absolute Gasteiger partial charge is 0.325 e. The fourth-order valence-electron chi connectivity index (χ4n) is 3.14. The second-order valence-corrected chi connectivity index (χ2v) is 6.18. The molecule has 3 rings (SSSR count). The standard InChI is InChI=1S/C17H21N3O/c1-17(18)11-5-4-7-13(17)16(21)20-15-10-9-12-6-2-3-8-14(12)19-15/h2-3,6,8-10,13H,4-5,7,11,18H2,1H3,(H,19,20,21). The first-order valence-electron chi connectivity index (χ1n) is 7.52.